The zero-order valence-electron chi connectivity index (χ0n) is 34.7. The second kappa shape index (κ2) is 14.8. The largest absolute Gasteiger partial charge is 0.455 e. The number of hydrogen-bond acceptors (Lipinski definition) is 3. The first-order valence-electron chi connectivity index (χ1n) is 21.6. The fourth-order valence-electron chi connectivity index (χ4n) is 9.91. The van der Waals surface area contributed by atoms with E-state index >= 15 is 0 Å². The number of fused-ring (bicyclic) bond motifs is 6. The van der Waals surface area contributed by atoms with Gasteiger partial charge in [0.15, 0.2) is 0 Å². The van der Waals surface area contributed by atoms with E-state index in [2.05, 4.69) is 230 Å². The monoisotopic (exact) mass is 807 g/mol. The maximum absolute atomic E-state index is 7.08. The predicted octanol–water partition coefficient (Wildman–Crippen LogP) is 16.7. The number of hydrogen-bond donors (Lipinski definition) is 0. The molecule has 3 heteroatoms. The van der Waals surface area contributed by atoms with Crippen LogP contribution >= 0.6 is 0 Å². The summed E-state index contributed by atoms with van der Waals surface area (Å²) in [4.78, 5) is 2.34. The van der Waals surface area contributed by atoms with Crippen molar-refractivity contribution < 1.29 is 8.83 Å². The molecule has 1 aliphatic rings. The Kier molecular flexibility index (Phi) is 8.62. The minimum Gasteiger partial charge on any atom is -0.455 e. The van der Waals surface area contributed by atoms with Gasteiger partial charge in [0.25, 0.3) is 0 Å². The van der Waals surface area contributed by atoms with Crippen molar-refractivity contribution >= 4 is 39.0 Å². The van der Waals surface area contributed by atoms with Crippen LogP contribution in [0.1, 0.15) is 23.6 Å². The number of nitrogens with zero attached hydrogens (tertiary/aromatic N) is 1. The van der Waals surface area contributed by atoms with Gasteiger partial charge in [0, 0.05) is 61.1 Å². The highest BCUT2D eigenvalue weighted by Crippen LogP contribution is 2.59. The van der Waals surface area contributed by atoms with Crippen LogP contribution in [0.4, 0.5) is 17.1 Å². The maximum atomic E-state index is 7.08. The summed E-state index contributed by atoms with van der Waals surface area (Å²) in [7, 11) is 0. The third-order valence-electron chi connectivity index (χ3n) is 13.0. The molecule has 0 amide bonds. The van der Waals surface area contributed by atoms with Gasteiger partial charge in [-0.25, -0.2) is 0 Å². The van der Waals surface area contributed by atoms with E-state index in [1.165, 1.54) is 27.8 Å². The topological polar surface area (TPSA) is 29.5 Å². The molecule has 11 aromatic rings. The number of anilines is 3. The van der Waals surface area contributed by atoms with Crippen LogP contribution in [0.5, 0.6) is 0 Å². The standard InChI is InChI=1S/C60H41NO2/c1-60(45-20-9-4-10-21-45)53-26-13-11-23-52(53)59-56(60)55(57(63-59)44-18-7-3-8-19-44)43-32-38-48(39-33-43)61(46-34-28-41(29-35-46)40-16-5-2-6-17-40)47-36-30-42(31-37-47)49-24-15-25-51-50-22-12-14-27-54(50)62-58(49)51/h2-39H,1H3. The van der Waals surface area contributed by atoms with Gasteiger partial charge in [-0.2, -0.15) is 0 Å². The van der Waals surface area contributed by atoms with Crippen LogP contribution in [0.15, 0.2) is 239 Å². The summed E-state index contributed by atoms with van der Waals surface area (Å²) in [5.41, 5.74) is 17.2. The van der Waals surface area contributed by atoms with Crippen molar-refractivity contribution in [1.82, 2.24) is 0 Å². The van der Waals surface area contributed by atoms with Gasteiger partial charge in [0.05, 0.1) is 0 Å². The second-order valence-electron chi connectivity index (χ2n) is 16.5. The molecule has 0 saturated carbocycles. The van der Waals surface area contributed by atoms with E-state index in [-0.39, 0.29) is 0 Å². The highest BCUT2D eigenvalue weighted by molar-refractivity contribution is 6.09. The molecule has 63 heavy (non-hydrogen) atoms. The van der Waals surface area contributed by atoms with Crippen molar-refractivity contribution in [1.29, 1.82) is 0 Å². The highest BCUT2D eigenvalue weighted by atomic mass is 16.3. The first-order valence-corrected chi connectivity index (χ1v) is 21.6. The molecule has 0 saturated heterocycles. The third-order valence-corrected chi connectivity index (χ3v) is 13.0. The van der Waals surface area contributed by atoms with Gasteiger partial charge in [-0.1, -0.05) is 188 Å². The van der Waals surface area contributed by atoms with Gasteiger partial charge < -0.3 is 13.7 Å². The van der Waals surface area contributed by atoms with E-state index in [9.17, 15) is 0 Å². The minimum atomic E-state index is -0.432. The summed E-state index contributed by atoms with van der Waals surface area (Å²) in [5, 5.41) is 2.25. The molecule has 1 aliphatic carbocycles. The molecule has 0 fully saturated rings. The van der Waals surface area contributed by atoms with Crippen molar-refractivity contribution in [2.24, 2.45) is 0 Å². The Morgan fingerprint density at radius 2 is 0.873 bits per heavy atom. The molecule has 1 unspecified atom stereocenters. The average molecular weight is 808 g/mol. The SMILES string of the molecule is CC1(c2ccccc2)c2ccccc2-c2oc(-c3ccccc3)c(-c3ccc(N(c4ccc(-c5ccccc5)cc4)c4ccc(-c5cccc6c5oc5ccccc56)cc4)cc3)c21. The molecule has 0 radical (unpaired) electrons. The molecule has 2 aromatic heterocycles. The Morgan fingerprint density at radius 3 is 1.56 bits per heavy atom. The number of rotatable bonds is 8. The predicted molar refractivity (Wildman–Crippen MR) is 260 cm³/mol. The molecular formula is C60H41NO2. The molecule has 3 nitrogen and oxygen atoms in total. The Morgan fingerprint density at radius 1 is 0.365 bits per heavy atom. The van der Waals surface area contributed by atoms with Crippen LogP contribution in [0.25, 0.3) is 78.0 Å². The summed E-state index contributed by atoms with van der Waals surface area (Å²) in [5.74, 6) is 1.82. The fraction of sp³-hybridized carbons (Fsp3) is 0.0333. The Balaban J connectivity index is 0.995. The molecule has 1 atom stereocenters. The molecule has 12 rings (SSSR count). The van der Waals surface area contributed by atoms with E-state index < -0.39 is 5.41 Å². The lowest BCUT2D eigenvalue weighted by Crippen LogP contribution is -2.22. The van der Waals surface area contributed by atoms with Gasteiger partial charge in [0.1, 0.15) is 22.7 Å². The minimum absolute atomic E-state index is 0.432. The van der Waals surface area contributed by atoms with Crippen LogP contribution in [0.2, 0.25) is 0 Å². The zero-order valence-corrected chi connectivity index (χ0v) is 34.7. The van der Waals surface area contributed by atoms with Crippen molar-refractivity contribution in [3.8, 4) is 56.0 Å². The van der Waals surface area contributed by atoms with Crippen LogP contribution in [0.3, 0.4) is 0 Å². The van der Waals surface area contributed by atoms with E-state index in [0.29, 0.717) is 0 Å². The lowest BCUT2D eigenvalue weighted by Gasteiger charge is -2.29. The molecule has 0 spiro atoms. The molecule has 0 bridgehead atoms. The summed E-state index contributed by atoms with van der Waals surface area (Å²) in [6.45, 7) is 2.36. The van der Waals surface area contributed by atoms with Gasteiger partial charge >= 0.3 is 0 Å². The van der Waals surface area contributed by atoms with E-state index in [1.807, 2.05) is 12.1 Å². The molecule has 298 valence electrons. The highest BCUT2D eigenvalue weighted by Gasteiger charge is 2.46. The number of benzene rings is 9. The van der Waals surface area contributed by atoms with Crippen molar-refractivity contribution in [3.63, 3.8) is 0 Å². The fourth-order valence-corrected chi connectivity index (χ4v) is 9.91. The second-order valence-corrected chi connectivity index (χ2v) is 16.5. The van der Waals surface area contributed by atoms with E-state index in [4.69, 9.17) is 8.83 Å². The first-order chi connectivity index (χ1) is 31.1. The Labute approximate surface area is 366 Å². The van der Waals surface area contributed by atoms with Crippen molar-refractivity contribution in [2.75, 3.05) is 4.90 Å². The molecule has 2 heterocycles. The first kappa shape index (κ1) is 36.7. The van der Waals surface area contributed by atoms with Crippen molar-refractivity contribution in [3.05, 3.63) is 247 Å². The van der Waals surface area contributed by atoms with Gasteiger partial charge in [-0.3, -0.25) is 0 Å². The van der Waals surface area contributed by atoms with Crippen LogP contribution in [-0.4, -0.2) is 0 Å². The van der Waals surface area contributed by atoms with Crippen LogP contribution in [-0.2, 0) is 5.41 Å². The molecule has 9 aromatic carbocycles. The zero-order chi connectivity index (χ0) is 41.9. The molecular weight excluding hydrogens is 767 g/mol. The number of furan rings is 2. The van der Waals surface area contributed by atoms with Crippen LogP contribution in [0, 0.1) is 0 Å². The lowest BCUT2D eigenvalue weighted by atomic mass is 9.72. The summed E-state index contributed by atoms with van der Waals surface area (Å²) >= 11 is 0. The maximum Gasteiger partial charge on any atom is 0.143 e. The summed E-state index contributed by atoms with van der Waals surface area (Å²) < 4.78 is 13.5. The summed E-state index contributed by atoms with van der Waals surface area (Å²) in [6.07, 6.45) is 0. The van der Waals surface area contributed by atoms with Gasteiger partial charge in [0.2, 0.25) is 0 Å². The van der Waals surface area contributed by atoms with E-state index in [0.717, 1.165) is 83.9 Å². The van der Waals surface area contributed by atoms with Crippen molar-refractivity contribution in [2.45, 2.75) is 12.3 Å². The normalized spacial score (nSPS) is 14.2. The smallest absolute Gasteiger partial charge is 0.143 e. The van der Waals surface area contributed by atoms with Gasteiger partial charge in [-0.05, 0) is 82.8 Å². The van der Waals surface area contributed by atoms with E-state index in [1.54, 1.807) is 0 Å². The molecule has 0 aliphatic heterocycles. The third kappa shape index (κ3) is 5.96. The Hall–Kier alpha value is -8.14. The Bertz CT molecular complexity index is 3420. The average Bonchev–Trinajstić information content (AvgIpc) is 4.02. The number of para-hydroxylation sites is 2. The summed E-state index contributed by atoms with van der Waals surface area (Å²) in [6, 6.07) is 82.1. The lowest BCUT2D eigenvalue weighted by molar-refractivity contribution is 0.595. The molecule has 0 N–H and O–H groups in total. The van der Waals surface area contributed by atoms with Crippen LogP contribution < -0.4 is 4.90 Å². The van der Waals surface area contributed by atoms with Gasteiger partial charge in [-0.15, -0.1) is 0 Å². The quantitative estimate of drug-likeness (QED) is 0.153.